The highest BCUT2D eigenvalue weighted by Gasteiger charge is 1.97. The molecule has 59 valence electrons. The number of phenols is 1. The Kier molecular flexibility index (Phi) is 2.53. The minimum Gasteiger partial charge on any atom is -0.508 e. The Balaban J connectivity index is 2.71. The Morgan fingerprint density at radius 3 is 2.64 bits per heavy atom. The van der Waals surface area contributed by atoms with Gasteiger partial charge in [0.15, 0.2) is 0 Å². The molecule has 0 saturated heterocycles. The highest BCUT2D eigenvalue weighted by atomic mass is 16.3. The Morgan fingerprint density at radius 2 is 2.09 bits per heavy atom. The van der Waals surface area contributed by atoms with E-state index >= 15 is 0 Å². The van der Waals surface area contributed by atoms with E-state index < -0.39 is 0 Å². The lowest BCUT2D eigenvalue weighted by Crippen LogP contribution is -1.90. The fraction of sp³-hybridized carbons (Fsp3) is 0.300. The van der Waals surface area contributed by atoms with Crippen molar-refractivity contribution in [2.24, 2.45) is 0 Å². The van der Waals surface area contributed by atoms with Gasteiger partial charge in [-0.05, 0) is 30.0 Å². The number of phenolic OH excluding ortho intramolecular Hbond substituents is 1. The first kappa shape index (κ1) is 8.12. The van der Waals surface area contributed by atoms with Crippen LogP contribution in [0.25, 0.3) is 0 Å². The molecule has 1 aromatic rings. The summed E-state index contributed by atoms with van der Waals surface area (Å²) in [7, 11) is 0. The van der Waals surface area contributed by atoms with Crippen LogP contribution in [-0.2, 0) is 6.42 Å². The minimum atomic E-state index is 0.351. The summed E-state index contributed by atoms with van der Waals surface area (Å²) in [6.45, 7) is 4.17. The van der Waals surface area contributed by atoms with Crippen molar-refractivity contribution in [2.75, 3.05) is 0 Å². The number of rotatable bonds is 2. The Bertz CT molecular complexity index is 228. The van der Waals surface area contributed by atoms with Gasteiger partial charge in [0.25, 0.3) is 0 Å². The number of hydrogen-bond acceptors (Lipinski definition) is 1. The standard InChI is InChI=1S/C10H13O/c1-8(2)6-9-4-3-5-10(11)7-9/h3-5,7,11H,6H2,1-2H3. The van der Waals surface area contributed by atoms with Crippen molar-refractivity contribution in [3.05, 3.63) is 35.7 Å². The zero-order valence-corrected chi connectivity index (χ0v) is 6.96. The molecule has 0 fully saturated rings. The molecule has 0 spiro atoms. The summed E-state index contributed by atoms with van der Waals surface area (Å²) in [5, 5.41) is 9.12. The Labute approximate surface area is 67.7 Å². The molecule has 0 heterocycles. The maximum atomic E-state index is 9.12. The van der Waals surface area contributed by atoms with Gasteiger partial charge in [-0.3, -0.25) is 0 Å². The molecule has 0 saturated carbocycles. The van der Waals surface area contributed by atoms with Crippen LogP contribution >= 0.6 is 0 Å². The SMILES string of the molecule is C[C](C)Cc1cccc(O)c1. The molecule has 0 amide bonds. The smallest absolute Gasteiger partial charge is 0.115 e. The van der Waals surface area contributed by atoms with Crippen molar-refractivity contribution >= 4 is 0 Å². The van der Waals surface area contributed by atoms with Crippen molar-refractivity contribution in [1.29, 1.82) is 0 Å². The molecule has 1 radical (unpaired) electrons. The highest BCUT2D eigenvalue weighted by Crippen LogP contribution is 2.14. The second-order valence-electron chi connectivity index (χ2n) is 3.05. The number of hydrogen-bond donors (Lipinski definition) is 1. The van der Waals surface area contributed by atoms with Gasteiger partial charge in [0.05, 0.1) is 0 Å². The van der Waals surface area contributed by atoms with Gasteiger partial charge in [0, 0.05) is 0 Å². The Morgan fingerprint density at radius 1 is 1.36 bits per heavy atom. The number of benzene rings is 1. The van der Waals surface area contributed by atoms with E-state index in [1.165, 1.54) is 11.5 Å². The summed E-state index contributed by atoms with van der Waals surface area (Å²) in [4.78, 5) is 0. The topological polar surface area (TPSA) is 20.2 Å². The third-order valence-corrected chi connectivity index (χ3v) is 1.47. The fourth-order valence-electron chi connectivity index (χ4n) is 1.07. The molecule has 0 aliphatic heterocycles. The summed E-state index contributed by atoms with van der Waals surface area (Å²) in [5.41, 5.74) is 1.17. The van der Waals surface area contributed by atoms with Gasteiger partial charge in [-0.25, -0.2) is 0 Å². The lowest BCUT2D eigenvalue weighted by molar-refractivity contribution is 0.474. The van der Waals surface area contributed by atoms with Gasteiger partial charge in [-0.2, -0.15) is 0 Å². The molecule has 0 unspecified atom stereocenters. The van der Waals surface area contributed by atoms with Crippen molar-refractivity contribution in [3.63, 3.8) is 0 Å². The third kappa shape index (κ3) is 2.62. The second kappa shape index (κ2) is 3.42. The van der Waals surface area contributed by atoms with Gasteiger partial charge >= 0.3 is 0 Å². The summed E-state index contributed by atoms with van der Waals surface area (Å²) in [6, 6.07) is 7.38. The van der Waals surface area contributed by atoms with Gasteiger partial charge in [0.2, 0.25) is 0 Å². The van der Waals surface area contributed by atoms with Crippen LogP contribution in [0, 0.1) is 5.92 Å². The predicted molar refractivity (Wildman–Crippen MR) is 46.4 cm³/mol. The van der Waals surface area contributed by atoms with Crippen molar-refractivity contribution in [1.82, 2.24) is 0 Å². The van der Waals surface area contributed by atoms with E-state index in [-0.39, 0.29) is 0 Å². The molecule has 0 aliphatic rings. The van der Waals surface area contributed by atoms with Gasteiger partial charge in [0.1, 0.15) is 5.75 Å². The predicted octanol–water partition coefficient (Wildman–Crippen LogP) is 2.55. The highest BCUT2D eigenvalue weighted by molar-refractivity contribution is 5.28. The molecule has 0 bridgehead atoms. The lowest BCUT2D eigenvalue weighted by Gasteiger charge is -2.03. The van der Waals surface area contributed by atoms with E-state index in [2.05, 4.69) is 13.8 Å². The molecular weight excluding hydrogens is 136 g/mol. The lowest BCUT2D eigenvalue weighted by atomic mass is 10.0. The normalized spacial score (nSPS) is 10.5. The summed E-state index contributed by atoms with van der Waals surface area (Å²) in [5.74, 6) is 1.71. The van der Waals surface area contributed by atoms with E-state index in [0.29, 0.717) is 5.75 Å². The molecule has 1 rings (SSSR count). The van der Waals surface area contributed by atoms with Crippen LogP contribution in [0.15, 0.2) is 24.3 Å². The van der Waals surface area contributed by atoms with Gasteiger partial charge in [-0.15, -0.1) is 0 Å². The average molecular weight is 149 g/mol. The van der Waals surface area contributed by atoms with E-state index in [9.17, 15) is 0 Å². The quantitative estimate of drug-likeness (QED) is 0.685. The average Bonchev–Trinajstić information content (AvgIpc) is 1.85. The van der Waals surface area contributed by atoms with Crippen LogP contribution in [0.4, 0.5) is 0 Å². The van der Waals surface area contributed by atoms with Gasteiger partial charge < -0.3 is 5.11 Å². The molecule has 11 heavy (non-hydrogen) atoms. The molecule has 0 aliphatic carbocycles. The first-order valence-corrected chi connectivity index (χ1v) is 3.75. The fourth-order valence-corrected chi connectivity index (χ4v) is 1.07. The summed E-state index contributed by atoms with van der Waals surface area (Å²) < 4.78 is 0. The van der Waals surface area contributed by atoms with E-state index in [4.69, 9.17) is 5.11 Å². The van der Waals surface area contributed by atoms with E-state index in [0.717, 1.165) is 6.42 Å². The molecule has 1 heteroatoms. The van der Waals surface area contributed by atoms with Crippen molar-refractivity contribution in [3.8, 4) is 5.75 Å². The Hall–Kier alpha value is -0.980. The monoisotopic (exact) mass is 149 g/mol. The molecule has 0 atom stereocenters. The van der Waals surface area contributed by atoms with E-state index in [1.54, 1.807) is 12.1 Å². The van der Waals surface area contributed by atoms with Gasteiger partial charge in [-0.1, -0.05) is 26.0 Å². The maximum Gasteiger partial charge on any atom is 0.115 e. The first-order valence-electron chi connectivity index (χ1n) is 3.75. The first-order chi connectivity index (χ1) is 5.18. The zero-order chi connectivity index (χ0) is 8.27. The van der Waals surface area contributed by atoms with Crippen LogP contribution in [0.5, 0.6) is 5.75 Å². The molecule has 1 aromatic carbocycles. The zero-order valence-electron chi connectivity index (χ0n) is 6.96. The van der Waals surface area contributed by atoms with Crippen molar-refractivity contribution in [2.45, 2.75) is 20.3 Å². The summed E-state index contributed by atoms with van der Waals surface area (Å²) in [6.07, 6.45) is 0.953. The maximum absolute atomic E-state index is 9.12. The molecule has 1 N–H and O–H groups in total. The summed E-state index contributed by atoms with van der Waals surface area (Å²) >= 11 is 0. The molecule has 0 aromatic heterocycles. The van der Waals surface area contributed by atoms with Crippen LogP contribution in [0.3, 0.4) is 0 Å². The van der Waals surface area contributed by atoms with Crippen LogP contribution in [0.2, 0.25) is 0 Å². The van der Waals surface area contributed by atoms with E-state index in [1.807, 2.05) is 12.1 Å². The second-order valence-corrected chi connectivity index (χ2v) is 3.05. The number of aromatic hydroxyl groups is 1. The molecular formula is C10H13O. The third-order valence-electron chi connectivity index (χ3n) is 1.47. The minimum absolute atomic E-state index is 0.351. The van der Waals surface area contributed by atoms with Crippen LogP contribution < -0.4 is 0 Å². The van der Waals surface area contributed by atoms with Crippen LogP contribution in [-0.4, -0.2) is 5.11 Å². The van der Waals surface area contributed by atoms with Crippen LogP contribution in [0.1, 0.15) is 19.4 Å². The largest absolute Gasteiger partial charge is 0.508 e. The molecule has 1 nitrogen and oxygen atoms in total. The van der Waals surface area contributed by atoms with Crippen molar-refractivity contribution < 1.29 is 5.11 Å².